The Morgan fingerprint density at radius 1 is 1.57 bits per heavy atom. The number of carbonyl (C=O) groups excluding carboxylic acids is 1. The van der Waals surface area contributed by atoms with E-state index in [0.29, 0.717) is 16.2 Å². The number of methoxy groups -OCH3 is 1. The van der Waals surface area contributed by atoms with Gasteiger partial charge in [-0.25, -0.2) is 4.68 Å². The van der Waals surface area contributed by atoms with Crippen LogP contribution in [-0.4, -0.2) is 42.0 Å². The second kappa shape index (κ2) is 7.56. The van der Waals surface area contributed by atoms with Gasteiger partial charge in [-0.2, -0.15) is 5.10 Å². The van der Waals surface area contributed by atoms with Gasteiger partial charge in [0.05, 0.1) is 19.0 Å². The fourth-order valence-electron chi connectivity index (χ4n) is 2.25. The van der Waals surface area contributed by atoms with Gasteiger partial charge in [0.2, 0.25) is 0 Å². The Bertz CT molecular complexity index is 553. The number of hydrogen-bond acceptors (Lipinski definition) is 6. The van der Waals surface area contributed by atoms with E-state index in [-0.39, 0.29) is 12.1 Å². The third-order valence-corrected chi connectivity index (χ3v) is 4.19. The van der Waals surface area contributed by atoms with E-state index >= 15 is 0 Å². The molecule has 0 saturated carbocycles. The van der Waals surface area contributed by atoms with Gasteiger partial charge in [-0.05, 0) is 48.3 Å². The molecule has 1 unspecified atom stereocenters. The van der Waals surface area contributed by atoms with Gasteiger partial charge in [0.25, 0.3) is 5.56 Å². The molecule has 1 fully saturated rings. The van der Waals surface area contributed by atoms with Crippen LogP contribution in [0.2, 0.25) is 0 Å². The number of nitrogens with one attached hydrogen (secondary N) is 2. The molecule has 1 aliphatic rings. The Morgan fingerprint density at radius 2 is 2.38 bits per heavy atom. The molecule has 1 aromatic heterocycles. The topological polar surface area (TPSA) is 85.2 Å². The van der Waals surface area contributed by atoms with E-state index < -0.39 is 5.97 Å². The summed E-state index contributed by atoms with van der Waals surface area (Å²) in [7, 11) is 1.28. The maximum atomic E-state index is 12.1. The summed E-state index contributed by atoms with van der Waals surface area (Å²) in [5.74, 6) is -0.507. The van der Waals surface area contributed by atoms with Crippen molar-refractivity contribution >= 4 is 27.6 Å². The summed E-state index contributed by atoms with van der Waals surface area (Å²) in [4.78, 5) is 23.4. The van der Waals surface area contributed by atoms with E-state index in [2.05, 4.69) is 36.4 Å². The number of ether oxygens (including phenoxy) is 1. The highest BCUT2D eigenvalue weighted by Gasteiger charge is 2.16. The number of aromatic nitrogens is 2. The molecule has 0 radical (unpaired) electrons. The summed E-state index contributed by atoms with van der Waals surface area (Å²) in [5.41, 5.74) is 0.310. The van der Waals surface area contributed by atoms with E-state index in [1.165, 1.54) is 7.11 Å². The lowest BCUT2D eigenvalue weighted by molar-refractivity contribution is -0.141. The van der Waals surface area contributed by atoms with Crippen molar-refractivity contribution in [3.8, 4) is 0 Å². The van der Waals surface area contributed by atoms with Crippen LogP contribution in [0.3, 0.4) is 0 Å². The monoisotopic (exact) mass is 358 g/mol. The molecule has 2 rings (SSSR count). The standard InChI is InChI=1S/C13H19BrN4O3/c1-21-11(19)8-18-13(20)12(14)10(7-16-18)17-9-3-2-5-15-6-4-9/h7,9,15,17H,2-6,8H2,1H3. The summed E-state index contributed by atoms with van der Waals surface area (Å²) in [5, 5.41) is 10.7. The maximum absolute atomic E-state index is 12.1. The van der Waals surface area contributed by atoms with Crippen LogP contribution in [0.4, 0.5) is 5.69 Å². The fraction of sp³-hybridized carbons (Fsp3) is 0.615. The summed E-state index contributed by atoms with van der Waals surface area (Å²) < 4.78 is 6.00. The predicted octanol–water partition coefficient (Wildman–Crippen LogP) is 0.733. The van der Waals surface area contributed by atoms with E-state index in [0.717, 1.165) is 37.0 Å². The maximum Gasteiger partial charge on any atom is 0.327 e. The summed E-state index contributed by atoms with van der Waals surface area (Å²) >= 11 is 3.29. The molecule has 0 aromatic carbocycles. The zero-order valence-corrected chi connectivity index (χ0v) is 13.5. The molecule has 0 spiro atoms. The van der Waals surface area contributed by atoms with Crippen LogP contribution in [0.15, 0.2) is 15.5 Å². The zero-order chi connectivity index (χ0) is 15.2. The second-order valence-electron chi connectivity index (χ2n) is 4.93. The highest BCUT2D eigenvalue weighted by Crippen LogP contribution is 2.20. The molecule has 2 heterocycles. The molecular formula is C13H19BrN4O3. The van der Waals surface area contributed by atoms with E-state index in [1.807, 2.05) is 0 Å². The minimum absolute atomic E-state index is 0.193. The molecule has 1 atom stereocenters. The van der Waals surface area contributed by atoms with Crippen LogP contribution in [0.1, 0.15) is 19.3 Å². The van der Waals surface area contributed by atoms with Gasteiger partial charge in [-0.3, -0.25) is 9.59 Å². The predicted molar refractivity (Wildman–Crippen MR) is 82.3 cm³/mol. The van der Waals surface area contributed by atoms with Crippen molar-refractivity contribution in [3.05, 3.63) is 21.0 Å². The van der Waals surface area contributed by atoms with Crippen LogP contribution in [-0.2, 0) is 16.1 Å². The first kappa shape index (κ1) is 16.0. The number of esters is 1. The fourth-order valence-corrected chi connectivity index (χ4v) is 2.67. The average Bonchev–Trinajstić information content (AvgIpc) is 2.75. The van der Waals surface area contributed by atoms with Gasteiger partial charge in [0, 0.05) is 6.04 Å². The summed E-state index contributed by atoms with van der Waals surface area (Å²) in [6.45, 7) is 1.79. The third kappa shape index (κ3) is 4.28. The molecule has 0 amide bonds. The van der Waals surface area contributed by atoms with E-state index in [4.69, 9.17) is 0 Å². The largest absolute Gasteiger partial charge is 0.468 e. The quantitative estimate of drug-likeness (QED) is 0.772. The Balaban J connectivity index is 2.12. The molecule has 0 bridgehead atoms. The molecule has 0 aliphatic carbocycles. The van der Waals surface area contributed by atoms with Crippen LogP contribution in [0, 0.1) is 0 Å². The Hall–Kier alpha value is -1.41. The second-order valence-corrected chi connectivity index (χ2v) is 5.73. The SMILES string of the molecule is COC(=O)Cn1ncc(NC2CCCNCC2)c(Br)c1=O. The molecule has 21 heavy (non-hydrogen) atoms. The lowest BCUT2D eigenvalue weighted by Gasteiger charge is -2.18. The van der Waals surface area contributed by atoms with Gasteiger partial charge in [0.1, 0.15) is 11.0 Å². The normalized spacial score (nSPS) is 18.9. The molecule has 1 aliphatic heterocycles. The van der Waals surface area contributed by atoms with Gasteiger partial charge in [-0.1, -0.05) is 0 Å². The van der Waals surface area contributed by atoms with Gasteiger partial charge < -0.3 is 15.4 Å². The Kier molecular flexibility index (Phi) is 5.75. The minimum atomic E-state index is -0.507. The number of carbonyl (C=O) groups is 1. The van der Waals surface area contributed by atoms with Crippen molar-refractivity contribution in [1.82, 2.24) is 15.1 Å². The Labute approximate surface area is 131 Å². The third-order valence-electron chi connectivity index (χ3n) is 3.43. The van der Waals surface area contributed by atoms with Crippen LogP contribution in [0.25, 0.3) is 0 Å². The molecule has 7 nitrogen and oxygen atoms in total. The van der Waals surface area contributed by atoms with Crippen LogP contribution in [0.5, 0.6) is 0 Å². The number of rotatable bonds is 4. The lowest BCUT2D eigenvalue weighted by atomic mass is 10.1. The summed E-state index contributed by atoms with van der Waals surface area (Å²) in [6.07, 6.45) is 4.71. The van der Waals surface area contributed by atoms with Crippen molar-refractivity contribution in [1.29, 1.82) is 0 Å². The highest BCUT2D eigenvalue weighted by atomic mass is 79.9. The van der Waals surface area contributed by atoms with Gasteiger partial charge in [-0.15, -0.1) is 0 Å². The first-order valence-electron chi connectivity index (χ1n) is 6.91. The smallest absolute Gasteiger partial charge is 0.327 e. The van der Waals surface area contributed by atoms with Crippen LogP contribution < -0.4 is 16.2 Å². The zero-order valence-electron chi connectivity index (χ0n) is 11.9. The van der Waals surface area contributed by atoms with Crippen molar-refractivity contribution in [2.75, 3.05) is 25.5 Å². The number of anilines is 1. The highest BCUT2D eigenvalue weighted by molar-refractivity contribution is 9.10. The average molecular weight is 359 g/mol. The molecule has 1 aromatic rings. The van der Waals surface area contributed by atoms with Gasteiger partial charge >= 0.3 is 5.97 Å². The first-order valence-corrected chi connectivity index (χ1v) is 7.71. The molecule has 116 valence electrons. The van der Waals surface area contributed by atoms with Gasteiger partial charge in [0.15, 0.2) is 0 Å². The van der Waals surface area contributed by atoms with Crippen LogP contribution >= 0.6 is 15.9 Å². The number of hydrogen-bond donors (Lipinski definition) is 2. The number of halogens is 1. The summed E-state index contributed by atoms with van der Waals surface area (Å²) in [6, 6.07) is 0.314. The van der Waals surface area contributed by atoms with Crippen molar-refractivity contribution < 1.29 is 9.53 Å². The molecule has 8 heteroatoms. The van der Waals surface area contributed by atoms with Crippen molar-refractivity contribution in [2.24, 2.45) is 0 Å². The molecule has 2 N–H and O–H groups in total. The number of nitrogens with zero attached hydrogens (tertiary/aromatic N) is 2. The Morgan fingerprint density at radius 3 is 3.14 bits per heavy atom. The van der Waals surface area contributed by atoms with E-state index in [9.17, 15) is 9.59 Å². The lowest BCUT2D eigenvalue weighted by Crippen LogP contribution is -2.30. The molecule has 1 saturated heterocycles. The minimum Gasteiger partial charge on any atom is -0.468 e. The first-order chi connectivity index (χ1) is 10.1. The van der Waals surface area contributed by atoms with Crippen molar-refractivity contribution in [3.63, 3.8) is 0 Å². The van der Waals surface area contributed by atoms with E-state index in [1.54, 1.807) is 6.20 Å². The molecular weight excluding hydrogens is 340 g/mol. The van der Waals surface area contributed by atoms with Crippen molar-refractivity contribution in [2.45, 2.75) is 31.8 Å².